The Kier molecular flexibility index (Phi) is 4.22. The van der Waals surface area contributed by atoms with Crippen LogP contribution in [0.15, 0.2) is 33.9 Å². The average Bonchev–Trinajstić information content (AvgIpc) is 3.33. The zero-order valence-corrected chi connectivity index (χ0v) is 14.5. The van der Waals surface area contributed by atoms with E-state index in [9.17, 15) is 0 Å². The summed E-state index contributed by atoms with van der Waals surface area (Å²) in [5, 5.41) is 11.8. The van der Waals surface area contributed by atoms with Crippen LogP contribution in [0.1, 0.15) is 36.0 Å². The van der Waals surface area contributed by atoms with Gasteiger partial charge in [-0.3, -0.25) is 0 Å². The molecule has 0 saturated heterocycles. The Morgan fingerprint density at radius 3 is 2.84 bits per heavy atom. The summed E-state index contributed by atoms with van der Waals surface area (Å²) in [6.07, 6.45) is 2.26. The molecule has 0 aliphatic heterocycles. The topological polar surface area (TPSA) is 116 Å². The monoisotopic (exact) mass is 355 g/mol. The van der Waals surface area contributed by atoms with Crippen LogP contribution < -0.4 is 11.1 Å². The summed E-state index contributed by atoms with van der Waals surface area (Å²) in [6, 6.07) is 7.90. The van der Waals surface area contributed by atoms with Gasteiger partial charge in [-0.15, -0.1) is 10.2 Å². The number of para-hydroxylation sites is 1. The Morgan fingerprint density at radius 1 is 1.20 bits per heavy atom. The maximum absolute atomic E-state index is 5.81. The number of thioether (sulfide) groups is 1. The van der Waals surface area contributed by atoms with E-state index in [1.165, 1.54) is 11.8 Å². The molecule has 0 spiro atoms. The van der Waals surface area contributed by atoms with E-state index in [0.29, 0.717) is 28.7 Å². The number of nitrogen functional groups attached to an aromatic ring is 1. The Balaban J connectivity index is 1.46. The fourth-order valence-electron chi connectivity index (χ4n) is 2.29. The maximum atomic E-state index is 5.81. The lowest BCUT2D eigenvalue weighted by Gasteiger charge is -2.09. The van der Waals surface area contributed by atoms with E-state index in [0.717, 1.165) is 30.0 Å². The fourth-order valence-corrected chi connectivity index (χ4v) is 2.92. The molecule has 1 fully saturated rings. The van der Waals surface area contributed by atoms with Crippen LogP contribution in [-0.4, -0.2) is 25.1 Å². The van der Waals surface area contributed by atoms with E-state index >= 15 is 0 Å². The van der Waals surface area contributed by atoms with Crippen LogP contribution >= 0.6 is 11.8 Å². The summed E-state index contributed by atoms with van der Waals surface area (Å²) in [5.41, 5.74) is 7.83. The van der Waals surface area contributed by atoms with Gasteiger partial charge in [-0.05, 0) is 31.4 Å². The van der Waals surface area contributed by atoms with Crippen LogP contribution in [-0.2, 0) is 5.75 Å². The van der Waals surface area contributed by atoms with Crippen molar-refractivity contribution >= 4 is 29.3 Å². The van der Waals surface area contributed by atoms with Crippen LogP contribution in [0.25, 0.3) is 0 Å². The number of rotatable bonds is 6. The van der Waals surface area contributed by atoms with Crippen LogP contribution in [0.2, 0.25) is 0 Å². The van der Waals surface area contributed by atoms with Crippen molar-refractivity contribution in [1.29, 1.82) is 0 Å². The normalized spacial score (nSPS) is 13.8. The lowest BCUT2D eigenvalue weighted by atomic mass is 10.2. The highest BCUT2D eigenvalue weighted by molar-refractivity contribution is 7.98. The Hall–Kier alpha value is -2.68. The quantitative estimate of drug-likeness (QED) is 0.643. The van der Waals surface area contributed by atoms with Crippen molar-refractivity contribution in [2.75, 3.05) is 11.1 Å². The average molecular weight is 355 g/mol. The van der Waals surface area contributed by atoms with E-state index < -0.39 is 0 Å². The molecule has 0 atom stereocenters. The number of nitrogens with zero attached hydrogens (tertiary/aromatic N) is 5. The van der Waals surface area contributed by atoms with Gasteiger partial charge in [0, 0.05) is 11.6 Å². The molecule has 1 saturated carbocycles. The first-order valence-electron chi connectivity index (χ1n) is 7.96. The third-order valence-electron chi connectivity index (χ3n) is 3.76. The zero-order valence-electron chi connectivity index (χ0n) is 13.6. The van der Waals surface area contributed by atoms with Crippen molar-refractivity contribution in [1.82, 2.24) is 25.1 Å². The molecule has 3 N–H and O–H groups in total. The summed E-state index contributed by atoms with van der Waals surface area (Å²) >= 11 is 1.39. The molecule has 1 aliphatic carbocycles. The van der Waals surface area contributed by atoms with Gasteiger partial charge >= 0.3 is 0 Å². The second-order valence-electron chi connectivity index (χ2n) is 5.84. The van der Waals surface area contributed by atoms with Crippen LogP contribution in [0, 0.1) is 6.92 Å². The number of hydrogen-bond acceptors (Lipinski definition) is 9. The molecular formula is C16H17N7OS. The number of benzene rings is 1. The van der Waals surface area contributed by atoms with Crippen LogP contribution in [0.5, 0.6) is 0 Å². The van der Waals surface area contributed by atoms with Crippen molar-refractivity contribution in [3.05, 3.63) is 41.5 Å². The molecule has 25 heavy (non-hydrogen) atoms. The van der Waals surface area contributed by atoms with E-state index in [2.05, 4.69) is 30.5 Å². The highest BCUT2D eigenvalue weighted by Gasteiger charge is 2.29. The standard InChI is InChI=1S/C16H17N7OS/c1-9-4-2-3-5-11(9)18-15-20-12(19-14(17)21-15)8-25-16-23-22-13(24-16)10-6-7-10/h2-5,10H,6-8H2,1H3,(H3,17,18,19,20,21). The maximum Gasteiger partial charge on any atom is 0.277 e. The van der Waals surface area contributed by atoms with Gasteiger partial charge in [0.05, 0.1) is 5.75 Å². The van der Waals surface area contributed by atoms with Crippen molar-refractivity contribution in [2.24, 2.45) is 0 Å². The molecule has 0 bridgehead atoms. The molecule has 1 aliphatic rings. The number of nitrogens with one attached hydrogen (secondary N) is 1. The number of aromatic nitrogens is 5. The van der Waals surface area contributed by atoms with Gasteiger partial charge < -0.3 is 15.5 Å². The Bertz CT molecular complexity index is 894. The minimum absolute atomic E-state index is 0.172. The summed E-state index contributed by atoms with van der Waals surface area (Å²) < 4.78 is 5.62. The second kappa shape index (κ2) is 6.67. The van der Waals surface area contributed by atoms with Gasteiger partial charge in [-0.2, -0.15) is 15.0 Å². The summed E-state index contributed by atoms with van der Waals surface area (Å²) in [6.45, 7) is 2.01. The highest BCUT2D eigenvalue weighted by Crippen LogP contribution is 2.40. The molecule has 9 heteroatoms. The molecule has 2 heterocycles. The van der Waals surface area contributed by atoms with Crippen LogP contribution in [0.4, 0.5) is 17.6 Å². The summed E-state index contributed by atoms with van der Waals surface area (Å²) in [4.78, 5) is 12.7. The predicted octanol–water partition coefficient (Wildman–Crippen LogP) is 3.06. The molecule has 0 unspecified atom stereocenters. The van der Waals surface area contributed by atoms with Gasteiger partial charge in [0.15, 0.2) is 0 Å². The number of hydrogen-bond donors (Lipinski definition) is 2. The minimum Gasteiger partial charge on any atom is -0.416 e. The van der Waals surface area contributed by atoms with Gasteiger partial charge in [-0.25, -0.2) is 0 Å². The third-order valence-corrected chi connectivity index (χ3v) is 4.58. The lowest BCUT2D eigenvalue weighted by Crippen LogP contribution is -2.07. The summed E-state index contributed by atoms with van der Waals surface area (Å²) in [5.74, 6) is 2.79. The van der Waals surface area contributed by atoms with Crippen molar-refractivity contribution < 1.29 is 4.42 Å². The van der Waals surface area contributed by atoms with Gasteiger partial charge in [0.1, 0.15) is 5.82 Å². The fraction of sp³-hybridized carbons (Fsp3) is 0.312. The highest BCUT2D eigenvalue weighted by atomic mass is 32.2. The minimum atomic E-state index is 0.172. The van der Waals surface area contributed by atoms with Crippen molar-refractivity contribution in [3.8, 4) is 0 Å². The molecule has 0 radical (unpaired) electrons. The second-order valence-corrected chi connectivity index (χ2v) is 6.77. The largest absolute Gasteiger partial charge is 0.416 e. The summed E-state index contributed by atoms with van der Waals surface area (Å²) in [7, 11) is 0. The van der Waals surface area contributed by atoms with E-state index in [1.807, 2.05) is 31.2 Å². The SMILES string of the molecule is Cc1ccccc1Nc1nc(N)nc(CSc2nnc(C3CC3)o2)n1. The number of nitrogens with two attached hydrogens (primary N) is 1. The van der Waals surface area contributed by atoms with Crippen LogP contribution in [0.3, 0.4) is 0 Å². The first-order valence-corrected chi connectivity index (χ1v) is 8.95. The van der Waals surface area contributed by atoms with Gasteiger partial charge in [0.25, 0.3) is 5.22 Å². The Morgan fingerprint density at radius 2 is 2.04 bits per heavy atom. The first kappa shape index (κ1) is 15.8. The van der Waals surface area contributed by atoms with Gasteiger partial charge in [-0.1, -0.05) is 30.0 Å². The first-order chi connectivity index (χ1) is 12.2. The molecule has 2 aromatic heterocycles. The molecule has 1 aromatic carbocycles. The molecule has 8 nitrogen and oxygen atoms in total. The lowest BCUT2D eigenvalue weighted by molar-refractivity contribution is 0.414. The van der Waals surface area contributed by atoms with Gasteiger partial charge in [0.2, 0.25) is 17.8 Å². The van der Waals surface area contributed by atoms with Crippen molar-refractivity contribution in [2.45, 2.75) is 36.7 Å². The zero-order chi connectivity index (χ0) is 17.2. The number of aryl methyl sites for hydroxylation is 1. The smallest absolute Gasteiger partial charge is 0.277 e. The van der Waals surface area contributed by atoms with E-state index in [-0.39, 0.29) is 5.95 Å². The molecule has 3 aromatic rings. The number of anilines is 3. The van der Waals surface area contributed by atoms with E-state index in [1.54, 1.807) is 0 Å². The molecular weight excluding hydrogens is 338 g/mol. The molecule has 0 amide bonds. The Labute approximate surface area is 148 Å². The van der Waals surface area contributed by atoms with Crippen molar-refractivity contribution in [3.63, 3.8) is 0 Å². The predicted molar refractivity (Wildman–Crippen MR) is 94.5 cm³/mol. The third kappa shape index (κ3) is 3.87. The van der Waals surface area contributed by atoms with E-state index in [4.69, 9.17) is 10.2 Å². The molecule has 4 rings (SSSR count). The molecule has 128 valence electrons.